The summed E-state index contributed by atoms with van der Waals surface area (Å²) in [4.78, 5) is 3.92. The van der Waals surface area contributed by atoms with Gasteiger partial charge in [-0.1, -0.05) is 30.3 Å². The van der Waals surface area contributed by atoms with Crippen molar-refractivity contribution in [2.24, 2.45) is 0 Å². The number of nitrogens with zero attached hydrogens (tertiary/aromatic N) is 3. The van der Waals surface area contributed by atoms with E-state index in [9.17, 15) is 0 Å². The van der Waals surface area contributed by atoms with Gasteiger partial charge in [0.1, 0.15) is 18.3 Å². The number of epoxide rings is 1. The minimum Gasteiger partial charge on any atom is -0.362 e. The maximum absolute atomic E-state index is 5.57. The summed E-state index contributed by atoms with van der Waals surface area (Å²) in [5.41, 5.74) is 1.04. The Labute approximate surface area is 87.5 Å². The molecule has 1 aromatic carbocycles. The lowest BCUT2D eigenvalue weighted by atomic mass is 10.0. The number of hydrogen-bond acceptors (Lipinski definition) is 3. The van der Waals surface area contributed by atoms with Crippen LogP contribution in [-0.2, 0) is 16.9 Å². The van der Waals surface area contributed by atoms with Crippen LogP contribution in [0.3, 0.4) is 0 Å². The molecule has 2 heterocycles. The lowest BCUT2D eigenvalue weighted by molar-refractivity contribution is 0.269. The zero-order valence-electron chi connectivity index (χ0n) is 8.21. The smallest absolute Gasteiger partial charge is 0.137 e. The summed E-state index contributed by atoms with van der Waals surface area (Å²) >= 11 is 0. The van der Waals surface area contributed by atoms with Crippen molar-refractivity contribution in [2.75, 3.05) is 6.61 Å². The predicted octanol–water partition coefficient (Wildman–Crippen LogP) is 1.20. The maximum atomic E-state index is 5.57. The number of ether oxygens (including phenoxy) is 1. The Kier molecular flexibility index (Phi) is 1.82. The van der Waals surface area contributed by atoms with E-state index in [1.165, 1.54) is 5.56 Å². The summed E-state index contributed by atoms with van der Waals surface area (Å²) in [5, 5.41) is 4.09. The van der Waals surface area contributed by atoms with Crippen molar-refractivity contribution in [3.63, 3.8) is 0 Å². The molecule has 0 spiro atoms. The number of rotatable bonds is 3. The highest BCUT2D eigenvalue weighted by molar-refractivity contribution is 5.26. The van der Waals surface area contributed by atoms with E-state index in [4.69, 9.17) is 4.74 Å². The zero-order valence-corrected chi connectivity index (χ0v) is 8.21. The molecular weight excluding hydrogens is 190 g/mol. The second-order valence-electron chi connectivity index (χ2n) is 3.74. The normalized spacial score (nSPS) is 24.0. The summed E-state index contributed by atoms with van der Waals surface area (Å²) < 4.78 is 7.37. The van der Waals surface area contributed by atoms with Gasteiger partial charge in [-0.05, 0) is 5.56 Å². The van der Waals surface area contributed by atoms with E-state index in [2.05, 4.69) is 22.2 Å². The SMILES string of the molecule is c1ccc([C@@]2(Cn3cncn3)CO2)cc1. The first-order valence-corrected chi connectivity index (χ1v) is 4.91. The first kappa shape index (κ1) is 8.61. The van der Waals surface area contributed by atoms with Gasteiger partial charge < -0.3 is 4.74 Å². The highest BCUT2D eigenvalue weighted by Gasteiger charge is 2.47. The van der Waals surface area contributed by atoms with Crippen LogP contribution in [0.2, 0.25) is 0 Å². The van der Waals surface area contributed by atoms with Gasteiger partial charge in [-0.25, -0.2) is 9.67 Å². The van der Waals surface area contributed by atoms with Crippen molar-refractivity contribution in [2.45, 2.75) is 12.1 Å². The van der Waals surface area contributed by atoms with Crippen LogP contribution in [0.25, 0.3) is 0 Å². The van der Waals surface area contributed by atoms with E-state index < -0.39 is 0 Å². The van der Waals surface area contributed by atoms with Gasteiger partial charge >= 0.3 is 0 Å². The molecule has 1 atom stereocenters. The molecule has 0 bridgehead atoms. The van der Waals surface area contributed by atoms with Gasteiger partial charge in [-0.3, -0.25) is 0 Å². The van der Waals surface area contributed by atoms with E-state index in [0.29, 0.717) is 0 Å². The van der Waals surface area contributed by atoms with Crippen LogP contribution >= 0.6 is 0 Å². The fourth-order valence-electron chi connectivity index (χ4n) is 1.75. The highest BCUT2D eigenvalue weighted by Crippen LogP contribution is 2.39. The molecule has 0 aliphatic carbocycles. The molecule has 0 amide bonds. The Morgan fingerprint density at radius 2 is 2.13 bits per heavy atom. The van der Waals surface area contributed by atoms with Crippen LogP contribution in [0.4, 0.5) is 0 Å². The Morgan fingerprint density at radius 3 is 2.73 bits per heavy atom. The highest BCUT2D eigenvalue weighted by atomic mass is 16.6. The summed E-state index contributed by atoms with van der Waals surface area (Å²) in [5.74, 6) is 0. The molecule has 15 heavy (non-hydrogen) atoms. The van der Waals surface area contributed by atoms with Gasteiger partial charge in [-0.2, -0.15) is 5.10 Å². The van der Waals surface area contributed by atoms with Crippen molar-refractivity contribution in [3.05, 3.63) is 48.5 Å². The van der Waals surface area contributed by atoms with Crippen LogP contribution < -0.4 is 0 Å². The molecule has 1 fully saturated rings. The molecule has 0 unspecified atom stereocenters. The molecule has 2 aromatic rings. The molecule has 3 rings (SSSR count). The Morgan fingerprint density at radius 1 is 1.33 bits per heavy atom. The molecule has 1 aromatic heterocycles. The Bertz CT molecular complexity index is 434. The molecule has 4 nitrogen and oxygen atoms in total. The van der Waals surface area contributed by atoms with Crippen molar-refractivity contribution < 1.29 is 4.74 Å². The molecular formula is C11H11N3O. The Balaban J connectivity index is 1.86. The third-order valence-corrected chi connectivity index (χ3v) is 2.68. The average Bonchev–Trinajstić information content (AvgIpc) is 2.88. The van der Waals surface area contributed by atoms with Gasteiger partial charge in [0.05, 0.1) is 13.2 Å². The van der Waals surface area contributed by atoms with E-state index in [1.54, 1.807) is 17.3 Å². The maximum Gasteiger partial charge on any atom is 0.137 e. The van der Waals surface area contributed by atoms with Crippen LogP contribution in [0.15, 0.2) is 43.0 Å². The third-order valence-electron chi connectivity index (χ3n) is 2.68. The van der Waals surface area contributed by atoms with E-state index in [1.807, 2.05) is 18.2 Å². The van der Waals surface area contributed by atoms with E-state index in [-0.39, 0.29) is 5.60 Å². The zero-order chi connectivity index (χ0) is 10.1. The van der Waals surface area contributed by atoms with E-state index in [0.717, 1.165) is 13.2 Å². The minimum absolute atomic E-state index is 0.172. The topological polar surface area (TPSA) is 43.2 Å². The van der Waals surface area contributed by atoms with Crippen molar-refractivity contribution >= 4 is 0 Å². The van der Waals surface area contributed by atoms with Crippen LogP contribution in [-0.4, -0.2) is 21.4 Å². The quantitative estimate of drug-likeness (QED) is 0.701. The number of aromatic nitrogens is 3. The molecule has 1 saturated heterocycles. The molecule has 0 radical (unpaired) electrons. The molecule has 76 valence electrons. The minimum atomic E-state index is -0.172. The number of benzene rings is 1. The van der Waals surface area contributed by atoms with Crippen molar-refractivity contribution in [1.29, 1.82) is 0 Å². The predicted molar refractivity (Wildman–Crippen MR) is 54.1 cm³/mol. The Hall–Kier alpha value is -1.68. The lowest BCUT2D eigenvalue weighted by Crippen LogP contribution is -2.18. The van der Waals surface area contributed by atoms with Crippen molar-refractivity contribution in [3.8, 4) is 0 Å². The monoisotopic (exact) mass is 201 g/mol. The molecule has 0 saturated carbocycles. The first-order chi connectivity index (χ1) is 7.39. The van der Waals surface area contributed by atoms with Gasteiger partial charge in [0, 0.05) is 0 Å². The third kappa shape index (κ3) is 1.53. The lowest BCUT2D eigenvalue weighted by Gasteiger charge is -2.11. The van der Waals surface area contributed by atoms with Gasteiger partial charge in [-0.15, -0.1) is 0 Å². The molecule has 1 aliphatic heterocycles. The average molecular weight is 201 g/mol. The molecule has 0 N–H and O–H groups in total. The van der Waals surface area contributed by atoms with Crippen LogP contribution in [0.1, 0.15) is 5.56 Å². The summed E-state index contributed by atoms with van der Waals surface area (Å²) in [6.07, 6.45) is 3.26. The first-order valence-electron chi connectivity index (χ1n) is 4.91. The fourth-order valence-corrected chi connectivity index (χ4v) is 1.75. The molecule has 4 heteroatoms. The van der Waals surface area contributed by atoms with Gasteiger partial charge in [0.2, 0.25) is 0 Å². The largest absolute Gasteiger partial charge is 0.362 e. The summed E-state index contributed by atoms with van der Waals surface area (Å²) in [7, 11) is 0. The second kappa shape index (κ2) is 3.17. The van der Waals surface area contributed by atoms with Gasteiger partial charge in [0.15, 0.2) is 0 Å². The summed E-state index contributed by atoms with van der Waals surface area (Å²) in [6.45, 7) is 1.49. The summed E-state index contributed by atoms with van der Waals surface area (Å²) in [6, 6.07) is 10.2. The van der Waals surface area contributed by atoms with E-state index >= 15 is 0 Å². The van der Waals surface area contributed by atoms with Crippen LogP contribution in [0, 0.1) is 0 Å². The fraction of sp³-hybridized carbons (Fsp3) is 0.273. The van der Waals surface area contributed by atoms with Crippen LogP contribution in [0.5, 0.6) is 0 Å². The van der Waals surface area contributed by atoms with Crippen molar-refractivity contribution in [1.82, 2.24) is 14.8 Å². The van der Waals surface area contributed by atoms with Gasteiger partial charge in [0.25, 0.3) is 0 Å². The molecule has 1 aliphatic rings. The standard InChI is InChI=1S/C11H11N3O/c1-2-4-10(5-3-1)11(7-15-11)6-14-9-12-8-13-14/h1-5,8-9H,6-7H2/t11-/m1/s1. The number of hydrogen-bond donors (Lipinski definition) is 0. The second-order valence-corrected chi connectivity index (χ2v) is 3.74.